The van der Waals surface area contributed by atoms with E-state index in [-0.39, 0.29) is 0 Å². The van der Waals surface area contributed by atoms with E-state index in [0.29, 0.717) is 13.2 Å². The van der Waals surface area contributed by atoms with Gasteiger partial charge in [-0.05, 0) is 115 Å². The summed E-state index contributed by atoms with van der Waals surface area (Å²) in [6, 6.07) is 43.3. The van der Waals surface area contributed by atoms with Crippen molar-refractivity contribution in [1.82, 2.24) is 0 Å². The molecule has 0 amide bonds. The summed E-state index contributed by atoms with van der Waals surface area (Å²) in [5.74, 6) is 1.54. The standard InChI is InChI=1S/C40H39NO2/c1-3-42-39-26-25-37(29-40(39)43-4-2)41(36-24-21-31-13-11-12-18-34(31)28-36)35-22-19-30(20-23-35)27-38(32-14-7-5-8-15-32)33-16-9-6-10-17-33/h5-10,14-17,19-29H,3-4,11-13,18H2,1-2H3. The van der Waals surface area contributed by atoms with Crippen molar-refractivity contribution in [3.8, 4) is 11.5 Å². The molecular weight excluding hydrogens is 526 g/mol. The maximum Gasteiger partial charge on any atom is 0.163 e. The maximum atomic E-state index is 6.03. The van der Waals surface area contributed by atoms with Crippen molar-refractivity contribution in [2.45, 2.75) is 39.5 Å². The van der Waals surface area contributed by atoms with E-state index >= 15 is 0 Å². The number of anilines is 3. The third-order valence-corrected chi connectivity index (χ3v) is 8.01. The lowest BCUT2D eigenvalue weighted by atomic mass is 9.91. The Bertz CT molecular complexity index is 1630. The number of ether oxygens (including phenoxy) is 2. The number of hydrogen-bond acceptors (Lipinski definition) is 3. The molecule has 0 unspecified atom stereocenters. The molecule has 216 valence electrons. The molecule has 0 saturated carbocycles. The summed E-state index contributed by atoms with van der Waals surface area (Å²) in [5, 5.41) is 0. The monoisotopic (exact) mass is 565 g/mol. The SMILES string of the molecule is CCOc1ccc(N(c2ccc(C=C(c3ccccc3)c3ccccc3)cc2)c2ccc3c(c2)CCCC3)cc1OCC. The lowest BCUT2D eigenvalue weighted by molar-refractivity contribution is 0.288. The van der Waals surface area contributed by atoms with Crippen LogP contribution in [0.2, 0.25) is 0 Å². The molecule has 6 rings (SSSR count). The average Bonchev–Trinajstić information content (AvgIpc) is 3.06. The lowest BCUT2D eigenvalue weighted by Crippen LogP contribution is -2.12. The van der Waals surface area contributed by atoms with Crippen LogP contribution in [0.1, 0.15) is 54.5 Å². The second-order valence-corrected chi connectivity index (χ2v) is 10.9. The molecule has 3 heteroatoms. The normalized spacial score (nSPS) is 12.2. The number of nitrogens with zero attached hydrogens (tertiary/aromatic N) is 1. The number of rotatable bonds is 10. The molecule has 1 aliphatic rings. The van der Waals surface area contributed by atoms with Crippen LogP contribution in [-0.4, -0.2) is 13.2 Å². The molecule has 1 aliphatic carbocycles. The van der Waals surface area contributed by atoms with E-state index in [1.54, 1.807) is 0 Å². The highest BCUT2D eigenvalue weighted by Gasteiger charge is 2.18. The molecular formula is C40H39NO2. The van der Waals surface area contributed by atoms with E-state index in [2.05, 4.69) is 126 Å². The molecule has 0 heterocycles. The summed E-state index contributed by atoms with van der Waals surface area (Å²) >= 11 is 0. The van der Waals surface area contributed by atoms with Gasteiger partial charge in [0.2, 0.25) is 0 Å². The summed E-state index contributed by atoms with van der Waals surface area (Å²) < 4.78 is 11.9. The second kappa shape index (κ2) is 13.5. The van der Waals surface area contributed by atoms with Crippen LogP contribution in [0.15, 0.2) is 121 Å². The summed E-state index contributed by atoms with van der Waals surface area (Å²) in [5.41, 5.74) is 11.0. The molecule has 5 aromatic carbocycles. The van der Waals surface area contributed by atoms with Gasteiger partial charge in [-0.2, -0.15) is 0 Å². The van der Waals surface area contributed by atoms with Crippen LogP contribution < -0.4 is 14.4 Å². The highest BCUT2D eigenvalue weighted by atomic mass is 16.5. The molecule has 0 N–H and O–H groups in total. The lowest BCUT2D eigenvalue weighted by Gasteiger charge is -2.28. The molecule has 0 radical (unpaired) electrons. The van der Waals surface area contributed by atoms with Gasteiger partial charge in [0.05, 0.1) is 18.9 Å². The molecule has 0 aromatic heterocycles. The van der Waals surface area contributed by atoms with Crippen LogP contribution in [-0.2, 0) is 12.8 Å². The minimum absolute atomic E-state index is 0.578. The van der Waals surface area contributed by atoms with Crippen molar-refractivity contribution >= 4 is 28.7 Å². The molecule has 0 aliphatic heterocycles. The van der Waals surface area contributed by atoms with E-state index < -0.39 is 0 Å². The first-order chi connectivity index (χ1) is 21.2. The summed E-state index contributed by atoms with van der Waals surface area (Å²) in [4.78, 5) is 2.33. The highest BCUT2D eigenvalue weighted by Crippen LogP contribution is 2.41. The Hall–Kier alpha value is -4.76. The first-order valence-electron chi connectivity index (χ1n) is 15.5. The van der Waals surface area contributed by atoms with Gasteiger partial charge in [0.15, 0.2) is 11.5 Å². The smallest absolute Gasteiger partial charge is 0.163 e. The van der Waals surface area contributed by atoms with Gasteiger partial charge in [-0.25, -0.2) is 0 Å². The molecule has 43 heavy (non-hydrogen) atoms. The summed E-state index contributed by atoms with van der Waals surface area (Å²) in [6.45, 7) is 5.18. The zero-order valence-corrected chi connectivity index (χ0v) is 25.1. The van der Waals surface area contributed by atoms with Gasteiger partial charge in [-0.15, -0.1) is 0 Å². The molecule has 0 atom stereocenters. The van der Waals surface area contributed by atoms with Crippen LogP contribution in [0.5, 0.6) is 11.5 Å². The van der Waals surface area contributed by atoms with Gasteiger partial charge in [0, 0.05) is 17.4 Å². The van der Waals surface area contributed by atoms with Crippen molar-refractivity contribution in [2.75, 3.05) is 18.1 Å². The number of aryl methyl sites for hydroxylation is 2. The Balaban J connectivity index is 1.42. The fourth-order valence-electron chi connectivity index (χ4n) is 5.94. The van der Waals surface area contributed by atoms with Crippen molar-refractivity contribution in [1.29, 1.82) is 0 Å². The van der Waals surface area contributed by atoms with Crippen molar-refractivity contribution in [3.05, 3.63) is 149 Å². The average molecular weight is 566 g/mol. The van der Waals surface area contributed by atoms with E-state index in [0.717, 1.165) is 40.5 Å². The van der Waals surface area contributed by atoms with Crippen molar-refractivity contribution in [3.63, 3.8) is 0 Å². The van der Waals surface area contributed by atoms with Gasteiger partial charge >= 0.3 is 0 Å². The van der Waals surface area contributed by atoms with Crippen molar-refractivity contribution in [2.24, 2.45) is 0 Å². The van der Waals surface area contributed by atoms with Crippen LogP contribution in [0, 0.1) is 0 Å². The van der Waals surface area contributed by atoms with E-state index in [1.807, 2.05) is 19.9 Å². The zero-order chi connectivity index (χ0) is 29.4. The Morgan fingerprint density at radius 1 is 0.581 bits per heavy atom. The number of benzene rings is 5. The van der Waals surface area contributed by atoms with Crippen LogP contribution in [0.4, 0.5) is 17.1 Å². The largest absolute Gasteiger partial charge is 0.490 e. The fourth-order valence-corrected chi connectivity index (χ4v) is 5.94. The Kier molecular flexibility index (Phi) is 8.89. The molecule has 0 bridgehead atoms. The Labute approximate surface area is 256 Å². The fraction of sp³-hybridized carbons (Fsp3) is 0.200. The second-order valence-electron chi connectivity index (χ2n) is 10.9. The molecule has 3 nitrogen and oxygen atoms in total. The summed E-state index contributed by atoms with van der Waals surface area (Å²) in [7, 11) is 0. The Morgan fingerprint density at radius 3 is 1.79 bits per heavy atom. The Morgan fingerprint density at radius 2 is 1.14 bits per heavy atom. The third-order valence-electron chi connectivity index (χ3n) is 8.01. The maximum absolute atomic E-state index is 6.03. The first-order valence-corrected chi connectivity index (χ1v) is 15.5. The molecule has 5 aromatic rings. The predicted octanol–water partition coefficient (Wildman–Crippen LogP) is 10.4. The van der Waals surface area contributed by atoms with Crippen LogP contribution in [0.3, 0.4) is 0 Å². The van der Waals surface area contributed by atoms with Crippen LogP contribution in [0.25, 0.3) is 11.6 Å². The van der Waals surface area contributed by atoms with Gasteiger partial charge in [-0.3, -0.25) is 0 Å². The van der Waals surface area contributed by atoms with Gasteiger partial charge < -0.3 is 14.4 Å². The van der Waals surface area contributed by atoms with Gasteiger partial charge in [-0.1, -0.05) is 78.9 Å². The van der Waals surface area contributed by atoms with E-state index in [1.165, 1.54) is 47.1 Å². The number of fused-ring (bicyclic) bond motifs is 1. The topological polar surface area (TPSA) is 21.7 Å². The highest BCUT2D eigenvalue weighted by molar-refractivity contribution is 5.91. The molecule has 0 saturated heterocycles. The van der Waals surface area contributed by atoms with Crippen LogP contribution >= 0.6 is 0 Å². The number of hydrogen-bond donors (Lipinski definition) is 0. The van der Waals surface area contributed by atoms with Gasteiger partial charge in [0.1, 0.15) is 0 Å². The van der Waals surface area contributed by atoms with E-state index in [4.69, 9.17) is 9.47 Å². The third kappa shape index (κ3) is 6.52. The molecule has 0 fully saturated rings. The quantitative estimate of drug-likeness (QED) is 0.157. The van der Waals surface area contributed by atoms with Gasteiger partial charge in [0.25, 0.3) is 0 Å². The summed E-state index contributed by atoms with van der Waals surface area (Å²) in [6.07, 6.45) is 7.10. The predicted molar refractivity (Wildman–Crippen MR) is 180 cm³/mol. The minimum atomic E-state index is 0.578. The minimum Gasteiger partial charge on any atom is -0.490 e. The van der Waals surface area contributed by atoms with E-state index in [9.17, 15) is 0 Å². The van der Waals surface area contributed by atoms with Crippen molar-refractivity contribution < 1.29 is 9.47 Å². The first kappa shape index (κ1) is 28.4. The molecule has 0 spiro atoms. The zero-order valence-electron chi connectivity index (χ0n) is 25.1.